The summed E-state index contributed by atoms with van der Waals surface area (Å²) in [5.41, 5.74) is 0.504. The Bertz CT molecular complexity index is 773. The molecule has 0 saturated heterocycles. The number of rotatable bonds is 0. The van der Waals surface area contributed by atoms with Gasteiger partial charge in [0.05, 0.1) is 11.1 Å². The van der Waals surface area contributed by atoms with Crippen LogP contribution in [0.25, 0.3) is 0 Å². The summed E-state index contributed by atoms with van der Waals surface area (Å²) in [5, 5.41) is 0. The number of alkyl halides is 6. The van der Waals surface area contributed by atoms with Crippen molar-refractivity contribution in [1.29, 1.82) is 0 Å². The molecule has 1 saturated carbocycles. The third-order valence-corrected chi connectivity index (χ3v) is 4.84. The Morgan fingerprint density at radius 1 is 0.667 bits per heavy atom. The minimum absolute atomic E-state index is 0.0169. The maximum Gasteiger partial charge on any atom is 0.416 e. The standard InChI is InChI=1S/C20H16F6O/c21-19(22,23)14-8-4-12(5-9-14)16-2-1-3-17(18(16)27)13-6-10-15(11-7-13)20(24,25)26/h4,6,8-11H,1-3,5,7H2. The Hall–Kier alpha value is -2.31. The number of carbonyl (C=O) groups excluding carboxylic acids is 1. The summed E-state index contributed by atoms with van der Waals surface area (Å²) in [7, 11) is 0. The molecule has 0 spiro atoms. The topological polar surface area (TPSA) is 17.1 Å². The number of allylic oxidation sites excluding steroid dienone is 12. The van der Waals surface area contributed by atoms with Gasteiger partial charge in [-0.2, -0.15) is 26.3 Å². The Kier molecular flexibility index (Phi) is 5.06. The highest BCUT2D eigenvalue weighted by molar-refractivity contribution is 6.10. The molecule has 0 atom stereocenters. The molecule has 7 heteroatoms. The highest BCUT2D eigenvalue weighted by Crippen LogP contribution is 2.37. The fourth-order valence-corrected chi connectivity index (χ4v) is 3.42. The van der Waals surface area contributed by atoms with Gasteiger partial charge in [0.15, 0.2) is 5.78 Å². The highest BCUT2D eigenvalue weighted by Gasteiger charge is 2.34. The fraction of sp³-hybridized carbons (Fsp3) is 0.350. The first kappa shape index (κ1) is 19.5. The minimum Gasteiger partial charge on any atom is -0.289 e. The van der Waals surface area contributed by atoms with E-state index < -0.39 is 23.5 Å². The smallest absolute Gasteiger partial charge is 0.289 e. The first-order valence-electron chi connectivity index (χ1n) is 8.47. The van der Waals surface area contributed by atoms with Gasteiger partial charge in [-0.1, -0.05) is 36.5 Å². The molecule has 27 heavy (non-hydrogen) atoms. The third kappa shape index (κ3) is 4.17. The van der Waals surface area contributed by atoms with Crippen molar-refractivity contribution < 1.29 is 31.1 Å². The van der Waals surface area contributed by atoms with Crippen LogP contribution >= 0.6 is 0 Å². The van der Waals surface area contributed by atoms with E-state index >= 15 is 0 Å². The van der Waals surface area contributed by atoms with E-state index in [-0.39, 0.29) is 18.6 Å². The summed E-state index contributed by atoms with van der Waals surface area (Å²) in [6.45, 7) is 0. The van der Waals surface area contributed by atoms with Crippen molar-refractivity contribution in [2.45, 2.75) is 44.5 Å². The van der Waals surface area contributed by atoms with Crippen LogP contribution in [0.1, 0.15) is 32.1 Å². The van der Waals surface area contributed by atoms with Gasteiger partial charge in [0.1, 0.15) is 0 Å². The van der Waals surface area contributed by atoms with Crippen LogP contribution in [-0.2, 0) is 4.79 Å². The van der Waals surface area contributed by atoms with Crippen molar-refractivity contribution in [2.75, 3.05) is 0 Å². The number of ketones is 1. The van der Waals surface area contributed by atoms with Crippen LogP contribution < -0.4 is 0 Å². The van der Waals surface area contributed by atoms with Gasteiger partial charge in [-0.15, -0.1) is 0 Å². The van der Waals surface area contributed by atoms with Gasteiger partial charge in [0, 0.05) is 11.1 Å². The van der Waals surface area contributed by atoms with Crippen LogP contribution in [0, 0.1) is 0 Å². The van der Waals surface area contributed by atoms with E-state index in [1.165, 1.54) is 12.2 Å². The zero-order valence-electron chi connectivity index (χ0n) is 14.2. The van der Waals surface area contributed by atoms with Gasteiger partial charge in [0.25, 0.3) is 0 Å². The van der Waals surface area contributed by atoms with E-state index in [2.05, 4.69) is 0 Å². The molecule has 0 unspecified atom stereocenters. The second-order valence-electron chi connectivity index (χ2n) is 6.58. The normalized spacial score (nSPS) is 27.0. The van der Waals surface area contributed by atoms with Crippen LogP contribution in [-0.4, -0.2) is 18.1 Å². The molecule has 0 aliphatic heterocycles. The Morgan fingerprint density at radius 3 is 1.37 bits per heavy atom. The molecule has 3 aliphatic rings. The Balaban J connectivity index is 1.85. The molecular formula is C20H16F6O. The van der Waals surface area contributed by atoms with Gasteiger partial charge < -0.3 is 0 Å². The first-order valence-corrected chi connectivity index (χ1v) is 8.47. The lowest BCUT2D eigenvalue weighted by Gasteiger charge is -2.23. The van der Waals surface area contributed by atoms with E-state index in [0.29, 0.717) is 41.6 Å². The predicted octanol–water partition coefficient (Wildman–Crippen LogP) is 6.23. The maximum atomic E-state index is 12.8. The first-order chi connectivity index (χ1) is 12.6. The van der Waals surface area contributed by atoms with Crippen LogP contribution in [0.2, 0.25) is 0 Å². The molecule has 1 fully saturated rings. The maximum absolute atomic E-state index is 12.8. The van der Waals surface area contributed by atoms with Crippen molar-refractivity contribution in [3.8, 4) is 0 Å². The number of hydrogen-bond acceptors (Lipinski definition) is 1. The van der Waals surface area contributed by atoms with Gasteiger partial charge in [-0.05, 0) is 43.3 Å². The molecule has 0 N–H and O–H groups in total. The lowest BCUT2D eigenvalue weighted by Crippen LogP contribution is -2.18. The summed E-state index contributed by atoms with van der Waals surface area (Å²) in [4.78, 5) is 12.8. The molecule has 3 rings (SSSR count). The van der Waals surface area contributed by atoms with Crippen LogP contribution in [0.5, 0.6) is 0 Å². The molecule has 0 amide bonds. The van der Waals surface area contributed by atoms with Gasteiger partial charge in [-0.25, -0.2) is 0 Å². The summed E-state index contributed by atoms with van der Waals surface area (Å²) in [6, 6.07) is 0. The summed E-state index contributed by atoms with van der Waals surface area (Å²) < 4.78 is 76.2. The van der Waals surface area contributed by atoms with Crippen molar-refractivity contribution >= 4 is 5.78 Å². The van der Waals surface area contributed by atoms with Gasteiger partial charge in [-0.3, -0.25) is 4.79 Å². The number of carbonyl (C=O) groups is 1. The predicted molar refractivity (Wildman–Crippen MR) is 88.7 cm³/mol. The Labute approximate surface area is 152 Å². The zero-order valence-corrected chi connectivity index (χ0v) is 14.2. The molecule has 0 aromatic carbocycles. The van der Waals surface area contributed by atoms with Crippen molar-refractivity contribution in [2.24, 2.45) is 0 Å². The lowest BCUT2D eigenvalue weighted by molar-refractivity contribution is -0.113. The quantitative estimate of drug-likeness (QED) is 0.356. The summed E-state index contributed by atoms with van der Waals surface area (Å²) in [6.07, 6.45) is -0.606. The number of Topliss-reactive ketones (excluding diaryl/α,β-unsaturated/α-hetero) is 1. The molecule has 0 aromatic rings. The molecule has 1 nitrogen and oxygen atoms in total. The van der Waals surface area contributed by atoms with Crippen LogP contribution in [0.4, 0.5) is 26.3 Å². The largest absolute Gasteiger partial charge is 0.416 e. The minimum atomic E-state index is -4.42. The van der Waals surface area contributed by atoms with Crippen LogP contribution in [0.15, 0.2) is 69.9 Å². The molecule has 3 aliphatic carbocycles. The van der Waals surface area contributed by atoms with Gasteiger partial charge >= 0.3 is 12.4 Å². The monoisotopic (exact) mass is 386 g/mol. The van der Waals surface area contributed by atoms with Crippen molar-refractivity contribution in [3.63, 3.8) is 0 Å². The molecule has 0 heterocycles. The Morgan fingerprint density at radius 2 is 1.07 bits per heavy atom. The van der Waals surface area contributed by atoms with E-state index in [4.69, 9.17) is 0 Å². The molecule has 144 valence electrons. The van der Waals surface area contributed by atoms with Gasteiger partial charge in [0.2, 0.25) is 0 Å². The van der Waals surface area contributed by atoms with E-state index in [9.17, 15) is 31.1 Å². The van der Waals surface area contributed by atoms with Crippen LogP contribution in [0.3, 0.4) is 0 Å². The van der Waals surface area contributed by atoms with E-state index in [1.807, 2.05) is 0 Å². The summed E-state index contributed by atoms with van der Waals surface area (Å²) >= 11 is 0. The van der Waals surface area contributed by atoms with E-state index in [0.717, 1.165) is 24.3 Å². The average molecular weight is 386 g/mol. The second-order valence-corrected chi connectivity index (χ2v) is 6.58. The van der Waals surface area contributed by atoms with Crippen molar-refractivity contribution in [1.82, 2.24) is 0 Å². The SMILES string of the molecule is O=C1C(=C2C=CC(C(F)(F)F)=CC2)CCCC1=C1C=CC(C(F)(F)F)=CC1. The average Bonchev–Trinajstić information content (AvgIpc) is 2.61. The highest BCUT2D eigenvalue weighted by atomic mass is 19.4. The number of halogens is 6. The molecule has 0 aromatic heterocycles. The zero-order chi connectivity index (χ0) is 19.8. The summed E-state index contributed by atoms with van der Waals surface area (Å²) in [5.74, 6) is -0.270. The third-order valence-electron chi connectivity index (χ3n) is 4.84. The molecule has 0 bridgehead atoms. The fourth-order valence-electron chi connectivity index (χ4n) is 3.42. The second kappa shape index (κ2) is 7.02. The molecule has 0 radical (unpaired) electrons. The number of hydrogen-bond donors (Lipinski definition) is 0. The van der Waals surface area contributed by atoms with E-state index in [1.54, 1.807) is 0 Å². The van der Waals surface area contributed by atoms with Crippen molar-refractivity contribution in [3.05, 3.63) is 69.9 Å². The molecular weight excluding hydrogens is 370 g/mol. The lowest BCUT2D eigenvalue weighted by atomic mass is 9.80.